The molecule has 3 aromatic rings. The zero-order chi connectivity index (χ0) is 26.2. The van der Waals surface area contributed by atoms with Gasteiger partial charge in [-0.1, -0.05) is 12.1 Å². The van der Waals surface area contributed by atoms with Crippen LogP contribution in [0, 0.1) is 17.1 Å². The first-order chi connectivity index (χ1) is 16.2. The zero-order valence-electron chi connectivity index (χ0n) is 17.1. The van der Waals surface area contributed by atoms with Gasteiger partial charge in [0.15, 0.2) is 0 Å². The number of aromatic nitrogens is 1. The number of halogens is 7. The molecule has 182 valence electrons. The maximum atomic E-state index is 13.4. The molecule has 35 heavy (non-hydrogen) atoms. The van der Waals surface area contributed by atoms with E-state index in [4.69, 9.17) is 0 Å². The average molecular weight is 499 g/mol. The number of anilines is 1. The van der Waals surface area contributed by atoms with Crippen molar-refractivity contribution in [2.75, 3.05) is 5.32 Å². The SMILES string of the molecule is N#Cc1cc(F)ccc1-n1cccc(C(=O)Nc2ccc(C(O)(C(F)(F)F)C(F)(F)F)cc2)c1=O. The van der Waals surface area contributed by atoms with Crippen LogP contribution in [0.2, 0.25) is 0 Å². The van der Waals surface area contributed by atoms with Crippen molar-refractivity contribution >= 4 is 11.6 Å². The highest BCUT2D eigenvalue weighted by Crippen LogP contribution is 2.50. The number of nitrogens with one attached hydrogen (secondary N) is 1. The largest absolute Gasteiger partial charge is 0.430 e. The van der Waals surface area contributed by atoms with Crippen LogP contribution in [-0.4, -0.2) is 27.9 Å². The monoisotopic (exact) mass is 499 g/mol. The number of carbonyl (C=O) groups is 1. The second-order valence-electron chi connectivity index (χ2n) is 7.11. The van der Waals surface area contributed by atoms with Gasteiger partial charge in [-0.2, -0.15) is 31.6 Å². The number of carbonyl (C=O) groups excluding carboxylic acids is 1. The van der Waals surface area contributed by atoms with Gasteiger partial charge in [-0.3, -0.25) is 14.2 Å². The van der Waals surface area contributed by atoms with Gasteiger partial charge in [0, 0.05) is 17.4 Å². The summed E-state index contributed by atoms with van der Waals surface area (Å²) in [5, 5.41) is 20.7. The summed E-state index contributed by atoms with van der Waals surface area (Å²) in [5.74, 6) is -1.81. The molecule has 0 radical (unpaired) electrons. The fraction of sp³-hybridized carbons (Fsp3) is 0.136. The Labute approximate surface area is 191 Å². The first kappa shape index (κ1) is 25.4. The van der Waals surface area contributed by atoms with E-state index < -0.39 is 46.4 Å². The molecule has 13 heteroatoms. The van der Waals surface area contributed by atoms with Crippen molar-refractivity contribution in [1.29, 1.82) is 5.26 Å². The van der Waals surface area contributed by atoms with E-state index in [1.165, 1.54) is 12.3 Å². The third-order valence-electron chi connectivity index (χ3n) is 4.91. The number of rotatable bonds is 4. The van der Waals surface area contributed by atoms with E-state index in [0.29, 0.717) is 24.3 Å². The molecule has 0 unspecified atom stereocenters. The molecule has 0 bridgehead atoms. The summed E-state index contributed by atoms with van der Waals surface area (Å²) in [6, 6.07) is 9.09. The van der Waals surface area contributed by atoms with E-state index in [1.807, 2.05) is 0 Å². The Morgan fingerprint density at radius 2 is 1.57 bits per heavy atom. The van der Waals surface area contributed by atoms with Crippen LogP contribution in [0.1, 0.15) is 21.5 Å². The van der Waals surface area contributed by atoms with Gasteiger partial charge in [0.1, 0.15) is 17.4 Å². The maximum absolute atomic E-state index is 13.4. The molecule has 6 nitrogen and oxygen atoms in total. The molecular weight excluding hydrogens is 487 g/mol. The standard InChI is InChI=1S/C22H12F7N3O3/c23-14-5-8-17(12(10-14)11-30)32-9-1-2-16(19(32)34)18(33)31-15-6-3-13(4-7-15)20(35,21(24,25)26)22(27,28)29/h1-10,35H,(H,31,33). The third-order valence-corrected chi connectivity index (χ3v) is 4.91. The van der Waals surface area contributed by atoms with E-state index in [9.17, 15) is 50.7 Å². The maximum Gasteiger partial charge on any atom is 0.430 e. The number of alkyl halides is 6. The minimum Gasteiger partial charge on any atom is -0.369 e. The van der Waals surface area contributed by atoms with Crippen LogP contribution in [-0.2, 0) is 5.60 Å². The van der Waals surface area contributed by atoms with Crippen LogP contribution >= 0.6 is 0 Å². The van der Waals surface area contributed by atoms with E-state index in [2.05, 4.69) is 5.32 Å². The minimum absolute atomic E-state index is 0.0310. The van der Waals surface area contributed by atoms with Gasteiger partial charge in [0.05, 0.1) is 11.3 Å². The first-order valence-corrected chi connectivity index (χ1v) is 9.40. The summed E-state index contributed by atoms with van der Waals surface area (Å²) in [6.45, 7) is 0. The number of pyridine rings is 1. The number of nitriles is 1. The highest BCUT2D eigenvalue weighted by molar-refractivity contribution is 6.04. The number of aliphatic hydroxyl groups is 1. The number of nitrogens with zero attached hydrogens (tertiary/aromatic N) is 2. The first-order valence-electron chi connectivity index (χ1n) is 9.40. The van der Waals surface area contributed by atoms with Crippen molar-refractivity contribution in [1.82, 2.24) is 4.57 Å². The highest BCUT2D eigenvalue weighted by Gasteiger charge is 2.71. The summed E-state index contributed by atoms with van der Waals surface area (Å²) in [6.07, 6.45) is -10.9. The third kappa shape index (κ3) is 4.60. The van der Waals surface area contributed by atoms with Gasteiger partial charge in [-0.25, -0.2) is 4.39 Å². The molecular formula is C22H12F7N3O3. The Hall–Kier alpha value is -4.18. The lowest BCUT2D eigenvalue weighted by Gasteiger charge is -2.32. The van der Waals surface area contributed by atoms with Crippen LogP contribution < -0.4 is 10.9 Å². The van der Waals surface area contributed by atoms with Crippen LogP contribution in [0.5, 0.6) is 0 Å². The predicted molar refractivity (Wildman–Crippen MR) is 107 cm³/mol. The molecule has 1 aromatic heterocycles. The normalized spacial score (nSPS) is 12.2. The van der Waals surface area contributed by atoms with Crippen LogP contribution in [0.3, 0.4) is 0 Å². The van der Waals surface area contributed by atoms with Crippen LogP contribution in [0.25, 0.3) is 5.69 Å². The molecule has 0 atom stereocenters. The van der Waals surface area contributed by atoms with Gasteiger partial charge >= 0.3 is 12.4 Å². The lowest BCUT2D eigenvalue weighted by atomic mass is 9.92. The van der Waals surface area contributed by atoms with E-state index in [1.54, 1.807) is 6.07 Å². The topological polar surface area (TPSA) is 95.1 Å². The minimum atomic E-state index is -6.08. The summed E-state index contributed by atoms with van der Waals surface area (Å²) in [5.41, 5.74) is -8.61. The number of hydrogen-bond acceptors (Lipinski definition) is 4. The van der Waals surface area contributed by atoms with Gasteiger partial charge in [-0.05, 0) is 42.5 Å². The summed E-state index contributed by atoms with van der Waals surface area (Å²) in [7, 11) is 0. The molecule has 0 aliphatic carbocycles. The molecule has 0 aliphatic heterocycles. The second kappa shape index (κ2) is 8.88. The van der Waals surface area contributed by atoms with E-state index in [-0.39, 0.29) is 16.9 Å². The summed E-state index contributed by atoms with van der Waals surface area (Å²) in [4.78, 5) is 25.3. The number of hydrogen-bond donors (Lipinski definition) is 2. The summed E-state index contributed by atoms with van der Waals surface area (Å²) >= 11 is 0. The van der Waals surface area contributed by atoms with Crippen molar-refractivity contribution in [3.8, 4) is 11.8 Å². The van der Waals surface area contributed by atoms with Crippen LogP contribution in [0.15, 0.2) is 65.6 Å². The predicted octanol–water partition coefficient (Wildman–Crippen LogP) is 4.41. The Balaban J connectivity index is 1.93. The molecule has 2 N–H and O–H groups in total. The van der Waals surface area contributed by atoms with Crippen molar-refractivity contribution in [2.24, 2.45) is 0 Å². The molecule has 0 spiro atoms. The van der Waals surface area contributed by atoms with Gasteiger partial charge in [0.25, 0.3) is 17.1 Å². The van der Waals surface area contributed by atoms with Crippen molar-refractivity contribution in [2.45, 2.75) is 18.0 Å². The number of benzene rings is 2. The second-order valence-corrected chi connectivity index (χ2v) is 7.11. The molecule has 0 saturated heterocycles. The Kier molecular flexibility index (Phi) is 6.45. The molecule has 2 aromatic carbocycles. The fourth-order valence-electron chi connectivity index (χ4n) is 3.15. The van der Waals surface area contributed by atoms with Crippen molar-refractivity contribution < 1.29 is 40.6 Å². The average Bonchev–Trinajstić information content (AvgIpc) is 2.77. The molecule has 0 aliphatic rings. The van der Waals surface area contributed by atoms with Crippen molar-refractivity contribution in [3.05, 3.63) is 93.7 Å². The Bertz CT molecular complexity index is 1360. The van der Waals surface area contributed by atoms with Crippen LogP contribution in [0.4, 0.5) is 36.4 Å². The molecule has 0 fully saturated rings. The molecule has 0 saturated carbocycles. The summed E-state index contributed by atoms with van der Waals surface area (Å²) < 4.78 is 92.3. The number of amides is 1. The van der Waals surface area contributed by atoms with Gasteiger partial charge < -0.3 is 10.4 Å². The molecule has 1 amide bonds. The van der Waals surface area contributed by atoms with Gasteiger partial charge in [-0.15, -0.1) is 0 Å². The smallest absolute Gasteiger partial charge is 0.369 e. The molecule has 1 heterocycles. The Morgan fingerprint density at radius 1 is 0.971 bits per heavy atom. The lowest BCUT2D eigenvalue weighted by molar-refractivity contribution is -0.376. The molecule has 3 rings (SSSR count). The van der Waals surface area contributed by atoms with E-state index in [0.717, 1.165) is 28.8 Å². The van der Waals surface area contributed by atoms with Crippen molar-refractivity contribution in [3.63, 3.8) is 0 Å². The van der Waals surface area contributed by atoms with Gasteiger partial charge in [0.2, 0.25) is 0 Å². The van der Waals surface area contributed by atoms with E-state index >= 15 is 0 Å². The highest BCUT2D eigenvalue weighted by atomic mass is 19.4. The Morgan fingerprint density at radius 3 is 2.11 bits per heavy atom. The quantitative estimate of drug-likeness (QED) is 0.520. The fourth-order valence-corrected chi connectivity index (χ4v) is 3.15. The zero-order valence-corrected chi connectivity index (χ0v) is 17.1. The lowest BCUT2D eigenvalue weighted by Crippen LogP contribution is -2.53.